The molecule has 3 aromatic rings. The molecule has 0 radical (unpaired) electrons. The van der Waals surface area contributed by atoms with Crippen molar-refractivity contribution in [1.29, 1.82) is 0 Å². The van der Waals surface area contributed by atoms with Crippen molar-refractivity contribution in [3.8, 4) is 11.1 Å². The van der Waals surface area contributed by atoms with Crippen molar-refractivity contribution >= 4 is 5.91 Å². The van der Waals surface area contributed by atoms with E-state index < -0.39 is 11.7 Å². The fourth-order valence-corrected chi connectivity index (χ4v) is 4.57. The van der Waals surface area contributed by atoms with E-state index in [1.165, 1.54) is 12.1 Å². The number of aromatic nitrogens is 2. The molecule has 36 heavy (non-hydrogen) atoms. The Bertz CT molecular complexity index is 1140. The fraction of sp³-hybridized carbons (Fsp3) is 0.407. The minimum atomic E-state index is -4.36. The number of hydrogen-bond donors (Lipinski definition) is 1. The van der Waals surface area contributed by atoms with E-state index in [0.29, 0.717) is 24.4 Å². The van der Waals surface area contributed by atoms with E-state index in [1.54, 1.807) is 13.2 Å². The van der Waals surface area contributed by atoms with Crippen LogP contribution < -0.4 is 0 Å². The molecule has 0 bridgehead atoms. The van der Waals surface area contributed by atoms with Crippen LogP contribution in [0.4, 0.5) is 13.2 Å². The zero-order valence-electron chi connectivity index (χ0n) is 20.5. The highest BCUT2D eigenvalue weighted by Crippen LogP contribution is 2.31. The molecule has 1 aliphatic heterocycles. The molecule has 2 aromatic carbocycles. The molecule has 1 aliphatic rings. The Morgan fingerprint density at radius 1 is 1.08 bits per heavy atom. The van der Waals surface area contributed by atoms with Gasteiger partial charge in [0.25, 0.3) is 5.91 Å². The Labute approximate surface area is 209 Å². The van der Waals surface area contributed by atoms with Gasteiger partial charge in [-0.15, -0.1) is 0 Å². The number of ether oxygens (including phenoxy) is 1. The van der Waals surface area contributed by atoms with Gasteiger partial charge in [0.1, 0.15) is 5.69 Å². The standard InChI is InChI=1S/C27H31F3N4O2/c1-19-17-25(32-31-19)26(35)34(24-11-13-33(14-12-24)15-16-36-2)18-20-3-5-21(6-4-20)22-7-9-23(10-8-22)27(28,29)30/h3-10,17,24H,11-16,18H2,1-2H3,(H,31,32). The molecule has 4 rings (SSSR count). The number of aromatic amines is 1. The zero-order chi connectivity index (χ0) is 25.7. The summed E-state index contributed by atoms with van der Waals surface area (Å²) in [6.07, 6.45) is -2.63. The minimum Gasteiger partial charge on any atom is -0.383 e. The number of nitrogens with one attached hydrogen (secondary N) is 1. The van der Waals surface area contributed by atoms with Crippen molar-refractivity contribution in [3.63, 3.8) is 0 Å². The molecule has 0 atom stereocenters. The number of hydrogen-bond acceptors (Lipinski definition) is 4. The normalized spacial score (nSPS) is 15.2. The zero-order valence-corrected chi connectivity index (χ0v) is 20.5. The lowest BCUT2D eigenvalue weighted by Crippen LogP contribution is -2.47. The van der Waals surface area contributed by atoms with Crippen LogP contribution >= 0.6 is 0 Å². The minimum absolute atomic E-state index is 0.0860. The van der Waals surface area contributed by atoms with E-state index in [9.17, 15) is 18.0 Å². The number of H-pyrrole nitrogens is 1. The Balaban J connectivity index is 1.49. The second-order valence-corrected chi connectivity index (χ2v) is 9.21. The molecule has 1 N–H and O–H groups in total. The molecule has 6 nitrogen and oxygen atoms in total. The number of methoxy groups -OCH3 is 1. The number of aryl methyl sites for hydroxylation is 1. The molecule has 192 valence electrons. The summed E-state index contributed by atoms with van der Waals surface area (Å²) in [5.41, 5.74) is 3.04. The highest BCUT2D eigenvalue weighted by Gasteiger charge is 2.31. The SMILES string of the molecule is COCCN1CCC(N(Cc2ccc(-c3ccc(C(F)(F)F)cc3)cc2)C(=O)c2cc(C)[nH]n2)CC1. The quantitative estimate of drug-likeness (QED) is 0.464. The molecular weight excluding hydrogens is 469 g/mol. The number of alkyl halides is 3. The Kier molecular flexibility index (Phi) is 8.11. The van der Waals surface area contributed by atoms with Crippen molar-refractivity contribution in [2.75, 3.05) is 33.4 Å². The van der Waals surface area contributed by atoms with Crippen LogP contribution in [0.25, 0.3) is 11.1 Å². The van der Waals surface area contributed by atoms with Crippen LogP contribution in [0.1, 0.15) is 40.2 Å². The maximum absolute atomic E-state index is 13.4. The maximum atomic E-state index is 13.4. The first-order valence-electron chi connectivity index (χ1n) is 12.1. The first-order valence-corrected chi connectivity index (χ1v) is 12.1. The predicted octanol–water partition coefficient (Wildman–Crippen LogP) is 5.16. The summed E-state index contributed by atoms with van der Waals surface area (Å²) in [6, 6.07) is 14.6. The molecular formula is C27H31F3N4O2. The summed E-state index contributed by atoms with van der Waals surface area (Å²) in [7, 11) is 1.70. The Hall–Kier alpha value is -3.17. The van der Waals surface area contributed by atoms with Crippen LogP contribution in [0, 0.1) is 6.92 Å². The molecule has 0 unspecified atom stereocenters. The number of carbonyl (C=O) groups excluding carboxylic acids is 1. The van der Waals surface area contributed by atoms with Crippen LogP contribution in [0.3, 0.4) is 0 Å². The lowest BCUT2D eigenvalue weighted by atomic mass is 10.00. The van der Waals surface area contributed by atoms with E-state index in [1.807, 2.05) is 36.1 Å². The van der Waals surface area contributed by atoms with Gasteiger partial charge in [-0.3, -0.25) is 9.89 Å². The van der Waals surface area contributed by atoms with Crippen molar-refractivity contribution in [2.45, 2.75) is 38.5 Å². The number of nitrogens with zero attached hydrogens (tertiary/aromatic N) is 3. The van der Waals surface area contributed by atoms with Gasteiger partial charge in [-0.2, -0.15) is 18.3 Å². The summed E-state index contributed by atoms with van der Waals surface area (Å²) in [6.45, 7) is 5.64. The van der Waals surface area contributed by atoms with Crippen molar-refractivity contribution < 1.29 is 22.7 Å². The fourth-order valence-electron chi connectivity index (χ4n) is 4.57. The highest BCUT2D eigenvalue weighted by molar-refractivity contribution is 5.92. The van der Waals surface area contributed by atoms with E-state index in [-0.39, 0.29) is 11.9 Å². The number of benzene rings is 2. The Morgan fingerprint density at radius 3 is 2.22 bits per heavy atom. The van der Waals surface area contributed by atoms with E-state index in [2.05, 4.69) is 15.1 Å². The van der Waals surface area contributed by atoms with Gasteiger partial charge in [0.05, 0.1) is 12.2 Å². The van der Waals surface area contributed by atoms with Crippen molar-refractivity contribution in [3.05, 3.63) is 77.1 Å². The van der Waals surface area contributed by atoms with Gasteiger partial charge in [0, 0.05) is 45.0 Å². The largest absolute Gasteiger partial charge is 0.416 e. The van der Waals surface area contributed by atoms with Gasteiger partial charge in [0.2, 0.25) is 0 Å². The predicted molar refractivity (Wildman–Crippen MR) is 131 cm³/mol. The van der Waals surface area contributed by atoms with Gasteiger partial charge in [-0.25, -0.2) is 0 Å². The third kappa shape index (κ3) is 6.33. The molecule has 9 heteroatoms. The topological polar surface area (TPSA) is 61.5 Å². The van der Waals surface area contributed by atoms with Crippen LogP contribution in [0.5, 0.6) is 0 Å². The van der Waals surface area contributed by atoms with Gasteiger partial charge in [-0.1, -0.05) is 36.4 Å². The first kappa shape index (κ1) is 25.9. The molecule has 1 aromatic heterocycles. The summed E-state index contributed by atoms with van der Waals surface area (Å²) < 4.78 is 43.8. The molecule has 2 heterocycles. The molecule has 1 fully saturated rings. The van der Waals surface area contributed by atoms with Crippen LogP contribution in [0.2, 0.25) is 0 Å². The second kappa shape index (κ2) is 11.3. The van der Waals surface area contributed by atoms with Gasteiger partial charge in [0.15, 0.2) is 0 Å². The van der Waals surface area contributed by atoms with Crippen molar-refractivity contribution in [1.82, 2.24) is 20.0 Å². The summed E-state index contributed by atoms with van der Waals surface area (Å²) in [5.74, 6) is -0.110. The average molecular weight is 501 g/mol. The number of carbonyl (C=O) groups is 1. The number of likely N-dealkylation sites (tertiary alicyclic amines) is 1. The lowest BCUT2D eigenvalue weighted by Gasteiger charge is -2.38. The summed E-state index contributed by atoms with van der Waals surface area (Å²) >= 11 is 0. The number of halogens is 3. The third-order valence-electron chi connectivity index (χ3n) is 6.65. The van der Waals surface area contributed by atoms with Crippen LogP contribution in [-0.4, -0.2) is 65.3 Å². The lowest BCUT2D eigenvalue weighted by molar-refractivity contribution is -0.137. The Morgan fingerprint density at radius 2 is 1.69 bits per heavy atom. The van der Waals surface area contributed by atoms with Gasteiger partial charge in [-0.05, 0) is 54.7 Å². The second-order valence-electron chi connectivity index (χ2n) is 9.21. The van der Waals surface area contributed by atoms with Crippen molar-refractivity contribution in [2.24, 2.45) is 0 Å². The van der Waals surface area contributed by atoms with Crippen LogP contribution in [-0.2, 0) is 17.5 Å². The maximum Gasteiger partial charge on any atom is 0.416 e. The van der Waals surface area contributed by atoms with E-state index in [0.717, 1.165) is 61.4 Å². The number of piperidine rings is 1. The summed E-state index contributed by atoms with van der Waals surface area (Å²) in [5, 5.41) is 7.03. The number of amides is 1. The smallest absolute Gasteiger partial charge is 0.383 e. The molecule has 0 spiro atoms. The molecule has 0 aliphatic carbocycles. The first-order chi connectivity index (χ1) is 17.2. The number of rotatable bonds is 8. The van der Waals surface area contributed by atoms with Gasteiger partial charge < -0.3 is 14.5 Å². The average Bonchev–Trinajstić information content (AvgIpc) is 3.32. The molecule has 0 saturated carbocycles. The van der Waals surface area contributed by atoms with Crippen LogP contribution in [0.15, 0.2) is 54.6 Å². The summed E-state index contributed by atoms with van der Waals surface area (Å²) in [4.78, 5) is 17.7. The third-order valence-corrected chi connectivity index (χ3v) is 6.65. The van der Waals surface area contributed by atoms with E-state index in [4.69, 9.17) is 4.74 Å². The van der Waals surface area contributed by atoms with E-state index >= 15 is 0 Å². The molecule has 1 amide bonds. The van der Waals surface area contributed by atoms with Gasteiger partial charge >= 0.3 is 6.18 Å². The monoisotopic (exact) mass is 500 g/mol. The highest BCUT2D eigenvalue weighted by atomic mass is 19.4. The molecule has 1 saturated heterocycles.